The van der Waals surface area contributed by atoms with Crippen LogP contribution in [0.3, 0.4) is 0 Å². The van der Waals surface area contributed by atoms with E-state index >= 15 is 0 Å². The van der Waals surface area contributed by atoms with Gasteiger partial charge in [0, 0.05) is 17.8 Å². The number of fused-ring (bicyclic) bond motifs is 1. The fraction of sp³-hybridized carbons (Fsp3) is 0.188. The molecule has 2 N–H and O–H groups in total. The number of aryl methyl sites for hydroxylation is 1. The van der Waals surface area contributed by atoms with Crippen molar-refractivity contribution < 1.29 is 4.74 Å². The molecule has 0 fully saturated rings. The monoisotopic (exact) mass is 267 g/mol. The van der Waals surface area contributed by atoms with Crippen LogP contribution in [0.15, 0.2) is 42.5 Å². The molecule has 4 nitrogen and oxygen atoms in total. The summed E-state index contributed by atoms with van der Waals surface area (Å²) < 4.78 is 5.35. The molecule has 0 aliphatic heterocycles. The minimum absolute atomic E-state index is 0.725. The molecule has 0 aliphatic carbocycles. The number of hydrogen-bond acceptors (Lipinski definition) is 3. The van der Waals surface area contributed by atoms with Crippen LogP contribution in [0.4, 0.5) is 5.69 Å². The Balaban J connectivity index is 1.79. The summed E-state index contributed by atoms with van der Waals surface area (Å²) >= 11 is 0. The number of imidazole rings is 1. The number of anilines is 1. The number of para-hydroxylation sites is 1. The van der Waals surface area contributed by atoms with Gasteiger partial charge in [-0.25, -0.2) is 4.98 Å². The Morgan fingerprint density at radius 1 is 1.20 bits per heavy atom. The van der Waals surface area contributed by atoms with E-state index in [4.69, 9.17) is 4.74 Å². The van der Waals surface area contributed by atoms with Crippen LogP contribution < -0.4 is 10.1 Å². The predicted molar refractivity (Wildman–Crippen MR) is 81.2 cm³/mol. The number of nitrogens with zero attached hydrogens (tertiary/aromatic N) is 1. The highest BCUT2D eigenvalue weighted by Crippen LogP contribution is 2.21. The number of rotatable bonds is 4. The number of aromatic nitrogens is 2. The molecular formula is C16H17N3O. The van der Waals surface area contributed by atoms with Gasteiger partial charge in [0.2, 0.25) is 0 Å². The van der Waals surface area contributed by atoms with Gasteiger partial charge in [-0.3, -0.25) is 0 Å². The predicted octanol–water partition coefficient (Wildman–Crippen LogP) is 3.49. The van der Waals surface area contributed by atoms with E-state index in [0.29, 0.717) is 0 Å². The topological polar surface area (TPSA) is 49.9 Å². The van der Waals surface area contributed by atoms with Gasteiger partial charge in [0.15, 0.2) is 0 Å². The van der Waals surface area contributed by atoms with Gasteiger partial charge >= 0.3 is 0 Å². The average Bonchev–Trinajstić information content (AvgIpc) is 2.84. The van der Waals surface area contributed by atoms with E-state index in [0.717, 1.165) is 40.4 Å². The molecule has 3 rings (SSSR count). The van der Waals surface area contributed by atoms with Gasteiger partial charge in [-0.2, -0.15) is 0 Å². The van der Waals surface area contributed by atoms with Crippen molar-refractivity contribution in [2.45, 2.75) is 13.5 Å². The first-order valence-electron chi connectivity index (χ1n) is 6.58. The first-order chi connectivity index (χ1) is 9.76. The molecule has 0 unspecified atom stereocenters. The van der Waals surface area contributed by atoms with E-state index in [9.17, 15) is 0 Å². The van der Waals surface area contributed by atoms with E-state index in [1.165, 1.54) is 0 Å². The van der Waals surface area contributed by atoms with Gasteiger partial charge in [0.1, 0.15) is 11.6 Å². The fourth-order valence-corrected chi connectivity index (χ4v) is 2.29. The lowest BCUT2D eigenvalue weighted by atomic mass is 10.2. The zero-order valence-corrected chi connectivity index (χ0v) is 11.6. The highest BCUT2D eigenvalue weighted by atomic mass is 16.5. The Kier molecular flexibility index (Phi) is 3.29. The Bertz CT molecular complexity index is 733. The summed E-state index contributed by atoms with van der Waals surface area (Å²) in [6.07, 6.45) is 0. The van der Waals surface area contributed by atoms with Crippen molar-refractivity contribution in [3.8, 4) is 5.75 Å². The molecule has 2 aromatic carbocycles. The van der Waals surface area contributed by atoms with Gasteiger partial charge in [0.05, 0.1) is 18.1 Å². The van der Waals surface area contributed by atoms with Crippen molar-refractivity contribution in [1.29, 1.82) is 0 Å². The Hall–Kier alpha value is -2.49. The third-order valence-corrected chi connectivity index (χ3v) is 3.28. The molecule has 0 aliphatic rings. The van der Waals surface area contributed by atoms with E-state index in [2.05, 4.69) is 27.4 Å². The lowest BCUT2D eigenvalue weighted by Crippen LogP contribution is -2.01. The van der Waals surface area contributed by atoms with Crippen molar-refractivity contribution in [2.24, 2.45) is 0 Å². The van der Waals surface area contributed by atoms with E-state index < -0.39 is 0 Å². The van der Waals surface area contributed by atoms with Crippen molar-refractivity contribution in [3.05, 3.63) is 53.9 Å². The highest BCUT2D eigenvalue weighted by molar-refractivity contribution is 5.79. The lowest BCUT2D eigenvalue weighted by molar-refractivity contribution is 0.410. The number of aromatic amines is 1. The van der Waals surface area contributed by atoms with E-state index in [1.54, 1.807) is 7.11 Å². The molecule has 4 heteroatoms. The number of ether oxygens (including phenoxy) is 1. The van der Waals surface area contributed by atoms with Crippen LogP contribution in [0.25, 0.3) is 11.0 Å². The van der Waals surface area contributed by atoms with Crippen molar-refractivity contribution >= 4 is 16.7 Å². The summed E-state index contributed by atoms with van der Waals surface area (Å²) in [5.41, 5.74) is 4.24. The average molecular weight is 267 g/mol. The highest BCUT2D eigenvalue weighted by Gasteiger charge is 2.03. The minimum atomic E-state index is 0.725. The number of methoxy groups -OCH3 is 1. The maximum atomic E-state index is 5.35. The SMILES string of the molecule is COc1ccccc1CNc1ccc2nc(C)[nH]c2c1. The zero-order valence-electron chi connectivity index (χ0n) is 11.6. The first kappa shape index (κ1) is 12.5. The molecule has 0 radical (unpaired) electrons. The van der Waals surface area contributed by atoms with Crippen molar-refractivity contribution in [1.82, 2.24) is 9.97 Å². The number of nitrogens with one attached hydrogen (secondary N) is 2. The van der Waals surface area contributed by atoms with E-state index in [1.807, 2.05) is 37.3 Å². The molecule has 0 amide bonds. The summed E-state index contributed by atoms with van der Waals surface area (Å²) in [7, 11) is 1.69. The summed E-state index contributed by atoms with van der Waals surface area (Å²) in [6.45, 7) is 2.69. The maximum Gasteiger partial charge on any atom is 0.123 e. The van der Waals surface area contributed by atoms with Crippen LogP contribution in [0, 0.1) is 6.92 Å². The smallest absolute Gasteiger partial charge is 0.123 e. The summed E-state index contributed by atoms with van der Waals surface area (Å²) in [6, 6.07) is 14.2. The Morgan fingerprint density at radius 2 is 2.05 bits per heavy atom. The molecule has 0 saturated heterocycles. The van der Waals surface area contributed by atoms with Crippen molar-refractivity contribution in [2.75, 3.05) is 12.4 Å². The van der Waals surface area contributed by atoms with Crippen LogP contribution in [0.5, 0.6) is 5.75 Å². The normalized spacial score (nSPS) is 10.7. The Labute approximate surface area is 117 Å². The van der Waals surface area contributed by atoms with Gasteiger partial charge in [-0.05, 0) is 31.2 Å². The van der Waals surface area contributed by atoms with Gasteiger partial charge in [-0.15, -0.1) is 0 Å². The second kappa shape index (κ2) is 5.25. The zero-order chi connectivity index (χ0) is 13.9. The molecule has 102 valence electrons. The summed E-state index contributed by atoms with van der Waals surface area (Å²) in [5, 5.41) is 3.41. The molecule has 0 atom stereocenters. The first-order valence-corrected chi connectivity index (χ1v) is 6.58. The molecule has 1 aromatic heterocycles. The van der Waals surface area contributed by atoms with Gasteiger partial charge in [-0.1, -0.05) is 18.2 Å². The van der Waals surface area contributed by atoms with Gasteiger partial charge in [0.25, 0.3) is 0 Å². The van der Waals surface area contributed by atoms with Crippen LogP contribution in [0.2, 0.25) is 0 Å². The second-order valence-electron chi connectivity index (χ2n) is 4.72. The van der Waals surface area contributed by atoms with Crippen LogP contribution in [-0.2, 0) is 6.54 Å². The number of hydrogen-bond donors (Lipinski definition) is 2. The van der Waals surface area contributed by atoms with Crippen LogP contribution in [-0.4, -0.2) is 17.1 Å². The van der Waals surface area contributed by atoms with E-state index in [-0.39, 0.29) is 0 Å². The number of H-pyrrole nitrogens is 1. The molecule has 0 bridgehead atoms. The third kappa shape index (κ3) is 2.45. The number of benzene rings is 2. The fourth-order valence-electron chi connectivity index (χ4n) is 2.29. The molecule has 3 aromatic rings. The van der Waals surface area contributed by atoms with Crippen LogP contribution >= 0.6 is 0 Å². The lowest BCUT2D eigenvalue weighted by Gasteiger charge is -2.10. The molecule has 1 heterocycles. The Morgan fingerprint density at radius 3 is 2.90 bits per heavy atom. The molecular weight excluding hydrogens is 250 g/mol. The van der Waals surface area contributed by atoms with Gasteiger partial charge < -0.3 is 15.0 Å². The summed E-state index contributed by atoms with van der Waals surface area (Å²) in [4.78, 5) is 7.64. The third-order valence-electron chi connectivity index (χ3n) is 3.28. The quantitative estimate of drug-likeness (QED) is 0.760. The molecule has 20 heavy (non-hydrogen) atoms. The minimum Gasteiger partial charge on any atom is -0.496 e. The largest absolute Gasteiger partial charge is 0.496 e. The second-order valence-corrected chi connectivity index (χ2v) is 4.72. The summed E-state index contributed by atoms with van der Waals surface area (Å²) in [5.74, 6) is 1.83. The maximum absolute atomic E-state index is 5.35. The molecule has 0 spiro atoms. The van der Waals surface area contributed by atoms with Crippen LogP contribution in [0.1, 0.15) is 11.4 Å². The molecule has 0 saturated carbocycles. The standard InChI is InChI=1S/C16H17N3O/c1-11-18-14-8-7-13(9-15(14)19-11)17-10-12-5-3-4-6-16(12)20-2/h3-9,17H,10H2,1-2H3,(H,18,19). The van der Waals surface area contributed by atoms with Crippen molar-refractivity contribution in [3.63, 3.8) is 0 Å².